The molecule has 208 valence electrons. The number of aryl methyl sites for hydroxylation is 1. The third kappa shape index (κ3) is 4.22. The van der Waals surface area contributed by atoms with Gasteiger partial charge in [-0.25, -0.2) is 14.2 Å². The first kappa shape index (κ1) is 26.2. The van der Waals surface area contributed by atoms with Gasteiger partial charge in [0.2, 0.25) is 5.43 Å². The number of fused-ring (bicyclic) bond motifs is 4. The van der Waals surface area contributed by atoms with Crippen molar-refractivity contribution in [1.82, 2.24) is 19.1 Å². The molecule has 0 amide bonds. The van der Waals surface area contributed by atoms with E-state index in [2.05, 4.69) is 15.3 Å². The summed E-state index contributed by atoms with van der Waals surface area (Å²) in [4.78, 5) is 33.7. The molecule has 0 radical (unpaired) electrons. The van der Waals surface area contributed by atoms with Gasteiger partial charge >= 0.3 is 12.1 Å². The third-order valence-corrected chi connectivity index (χ3v) is 7.16. The Labute approximate surface area is 229 Å². The van der Waals surface area contributed by atoms with Gasteiger partial charge in [0.05, 0.1) is 22.3 Å². The Morgan fingerprint density at radius 3 is 2.59 bits per heavy atom. The van der Waals surface area contributed by atoms with Crippen molar-refractivity contribution in [3.05, 3.63) is 93.7 Å². The molecule has 0 saturated carbocycles. The normalized spacial score (nSPS) is 12.4. The molecule has 0 unspecified atom stereocenters. The summed E-state index contributed by atoms with van der Waals surface area (Å²) in [5.74, 6) is -1.93. The van der Waals surface area contributed by atoms with E-state index in [-0.39, 0.29) is 11.0 Å². The van der Waals surface area contributed by atoms with Crippen LogP contribution in [0, 0.1) is 5.82 Å². The van der Waals surface area contributed by atoms with E-state index in [4.69, 9.17) is 0 Å². The molecule has 1 aliphatic rings. The number of hydrogen-bond donors (Lipinski definition) is 2. The van der Waals surface area contributed by atoms with Crippen molar-refractivity contribution in [1.29, 1.82) is 0 Å². The lowest BCUT2D eigenvalue weighted by molar-refractivity contribution is -0.137. The van der Waals surface area contributed by atoms with Crippen molar-refractivity contribution in [2.75, 3.05) is 11.9 Å². The number of alkyl halides is 3. The Bertz CT molecular complexity index is 1960. The van der Waals surface area contributed by atoms with Crippen LogP contribution >= 0.6 is 0 Å². The highest BCUT2D eigenvalue weighted by atomic mass is 19.4. The van der Waals surface area contributed by atoms with Gasteiger partial charge in [-0.05, 0) is 42.3 Å². The predicted molar refractivity (Wildman–Crippen MR) is 144 cm³/mol. The SMILES string of the molecule is CCNc1cc(F)cc2c1Cc1ncc(-c3cnc4c(c3)c(=O)c(C(=O)O)cn4C)c(-n3ccc(C(F)(F)F)c3)c1-2. The van der Waals surface area contributed by atoms with E-state index in [1.54, 1.807) is 7.05 Å². The van der Waals surface area contributed by atoms with Crippen molar-refractivity contribution in [2.24, 2.45) is 7.05 Å². The molecular weight excluding hydrogens is 542 g/mol. The number of rotatable bonds is 5. The van der Waals surface area contributed by atoms with Crippen molar-refractivity contribution >= 4 is 22.7 Å². The zero-order chi connectivity index (χ0) is 29.2. The van der Waals surface area contributed by atoms with Gasteiger partial charge in [-0.15, -0.1) is 0 Å². The minimum absolute atomic E-state index is 0.0145. The Balaban J connectivity index is 1.67. The van der Waals surface area contributed by atoms with Crippen molar-refractivity contribution in [3.8, 4) is 27.9 Å². The number of halogens is 4. The number of nitrogens with zero attached hydrogens (tertiary/aromatic N) is 4. The summed E-state index contributed by atoms with van der Waals surface area (Å²) < 4.78 is 58.4. The van der Waals surface area contributed by atoms with Crippen LogP contribution in [0.25, 0.3) is 39.0 Å². The average Bonchev–Trinajstić information content (AvgIpc) is 3.56. The Hall–Kier alpha value is -5.00. The summed E-state index contributed by atoms with van der Waals surface area (Å²) in [6, 6.07) is 5.09. The van der Waals surface area contributed by atoms with E-state index in [0.29, 0.717) is 52.3 Å². The maximum Gasteiger partial charge on any atom is 0.417 e. The second-order valence-electron chi connectivity index (χ2n) is 9.72. The zero-order valence-corrected chi connectivity index (χ0v) is 21.7. The average molecular weight is 564 g/mol. The van der Waals surface area contributed by atoms with Gasteiger partial charge in [-0.2, -0.15) is 13.2 Å². The second kappa shape index (κ2) is 9.29. The van der Waals surface area contributed by atoms with Gasteiger partial charge in [0.1, 0.15) is 17.0 Å². The molecule has 1 aromatic carbocycles. The van der Waals surface area contributed by atoms with Gasteiger partial charge in [0.15, 0.2) is 0 Å². The van der Waals surface area contributed by atoms with Crippen LogP contribution in [0.15, 0.2) is 60.0 Å². The zero-order valence-electron chi connectivity index (χ0n) is 21.7. The fraction of sp³-hybridized carbons (Fsp3) is 0.172. The molecule has 0 aliphatic heterocycles. The van der Waals surface area contributed by atoms with Crippen LogP contribution in [-0.4, -0.2) is 36.7 Å². The van der Waals surface area contributed by atoms with Crippen LogP contribution in [-0.2, 0) is 19.6 Å². The molecule has 4 heterocycles. The quantitative estimate of drug-likeness (QED) is 0.263. The maximum atomic E-state index is 14.8. The second-order valence-corrected chi connectivity index (χ2v) is 9.72. The van der Waals surface area contributed by atoms with Gasteiger partial charge < -0.3 is 19.6 Å². The van der Waals surface area contributed by atoms with Crippen LogP contribution in [0.4, 0.5) is 23.2 Å². The minimum Gasteiger partial charge on any atom is -0.477 e. The lowest BCUT2D eigenvalue weighted by atomic mass is 9.98. The number of hydrogen-bond acceptors (Lipinski definition) is 5. The summed E-state index contributed by atoms with van der Waals surface area (Å²) >= 11 is 0. The monoisotopic (exact) mass is 563 g/mol. The molecule has 8 nitrogen and oxygen atoms in total. The highest BCUT2D eigenvalue weighted by Crippen LogP contribution is 2.46. The van der Waals surface area contributed by atoms with Gasteiger partial charge in [-0.3, -0.25) is 9.78 Å². The van der Waals surface area contributed by atoms with Crippen molar-refractivity contribution in [2.45, 2.75) is 19.5 Å². The number of benzene rings is 1. The largest absolute Gasteiger partial charge is 0.477 e. The summed E-state index contributed by atoms with van der Waals surface area (Å²) in [6.07, 6.45) is 2.02. The molecule has 6 rings (SSSR count). The molecule has 41 heavy (non-hydrogen) atoms. The minimum atomic E-state index is -4.60. The summed E-state index contributed by atoms with van der Waals surface area (Å²) in [5, 5.41) is 12.7. The van der Waals surface area contributed by atoms with Crippen LogP contribution < -0.4 is 10.7 Å². The summed E-state index contributed by atoms with van der Waals surface area (Å²) in [5.41, 5.74) is 1.89. The molecule has 1 aliphatic carbocycles. The lowest BCUT2D eigenvalue weighted by Crippen LogP contribution is -2.18. The first-order valence-corrected chi connectivity index (χ1v) is 12.5. The maximum absolute atomic E-state index is 14.8. The fourth-order valence-electron chi connectivity index (χ4n) is 5.37. The summed E-state index contributed by atoms with van der Waals surface area (Å²) in [6.45, 7) is 2.40. The number of aromatic carboxylic acids is 1. The van der Waals surface area contributed by atoms with E-state index >= 15 is 0 Å². The van der Waals surface area contributed by atoms with Gasteiger partial charge in [-0.1, -0.05) is 0 Å². The number of carboxylic acid groups (broad SMARTS) is 1. The Morgan fingerprint density at radius 1 is 1.12 bits per heavy atom. The lowest BCUT2D eigenvalue weighted by Gasteiger charge is -2.17. The standard InChI is InChI=1S/C29H21F4N5O3/c1-3-34-22-8-16(30)7-18-17(22)9-23-24(18)25(38-5-4-15(12-38)29(31,32)33)20(11-35-23)14-6-19-26(39)21(28(40)41)13-37(2)27(19)36-10-14/h4-8,10-13,34H,3,9H2,1-2H3,(H,40,41). The third-order valence-electron chi connectivity index (χ3n) is 7.16. The number of pyridine rings is 3. The Kier molecular flexibility index (Phi) is 5.94. The van der Waals surface area contributed by atoms with Crippen molar-refractivity contribution in [3.63, 3.8) is 0 Å². The van der Waals surface area contributed by atoms with E-state index in [0.717, 1.165) is 17.8 Å². The van der Waals surface area contributed by atoms with Gasteiger partial charge in [0, 0.05) is 73.4 Å². The first-order valence-electron chi connectivity index (χ1n) is 12.5. The number of nitrogens with one attached hydrogen (secondary N) is 1. The number of carboxylic acids is 1. The number of anilines is 1. The van der Waals surface area contributed by atoms with Crippen LogP contribution in [0.5, 0.6) is 0 Å². The highest BCUT2D eigenvalue weighted by molar-refractivity contribution is 5.95. The van der Waals surface area contributed by atoms with Crippen molar-refractivity contribution < 1.29 is 27.5 Å². The van der Waals surface area contributed by atoms with Crippen LogP contribution in [0.1, 0.15) is 34.1 Å². The molecule has 0 saturated heterocycles. The molecule has 2 N–H and O–H groups in total. The molecule has 0 bridgehead atoms. The molecule has 0 atom stereocenters. The van der Waals surface area contributed by atoms with E-state index in [9.17, 15) is 32.3 Å². The highest BCUT2D eigenvalue weighted by Gasteiger charge is 2.33. The summed E-state index contributed by atoms with van der Waals surface area (Å²) in [7, 11) is 1.55. The van der Waals surface area contributed by atoms with E-state index in [1.165, 1.54) is 52.1 Å². The van der Waals surface area contributed by atoms with Gasteiger partial charge in [0.25, 0.3) is 0 Å². The molecular formula is C29H21F4N5O3. The van der Waals surface area contributed by atoms with E-state index in [1.807, 2.05) is 6.92 Å². The molecule has 0 fully saturated rings. The predicted octanol–water partition coefficient (Wildman–Crippen LogP) is 5.65. The number of carbonyl (C=O) groups is 1. The Morgan fingerprint density at radius 2 is 1.90 bits per heavy atom. The molecule has 12 heteroatoms. The van der Waals surface area contributed by atoms with Crippen LogP contribution in [0.3, 0.4) is 0 Å². The first-order chi connectivity index (χ1) is 19.5. The van der Waals surface area contributed by atoms with Crippen LogP contribution in [0.2, 0.25) is 0 Å². The fourth-order valence-corrected chi connectivity index (χ4v) is 5.37. The molecule has 0 spiro atoms. The van der Waals surface area contributed by atoms with E-state index < -0.39 is 34.5 Å². The smallest absolute Gasteiger partial charge is 0.417 e. The molecule has 5 aromatic rings. The molecule has 4 aromatic heterocycles. The number of aromatic nitrogens is 4. The topological polar surface area (TPSA) is 102 Å².